The van der Waals surface area contributed by atoms with Crippen LogP contribution in [-0.2, 0) is 0 Å². The zero-order valence-corrected chi connectivity index (χ0v) is 6.57. The van der Waals surface area contributed by atoms with Crippen molar-refractivity contribution >= 4 is 24.0 Å². The van der Waals surface area contributed by atoms with Gasteiger partial charge in [0.2, 0.25) is 0 Å². The van der Waals surface area contributed by atoms with Crippen LogP contribution in [0.4, 0.5) is 0 Å². The Hall–Kier alpha value is 0.650. The average Bonchev–Trinajstić information content (AvgIpc) is 1.72. The van der Waals surface area contributed by atoms with Crippen molar-refractivity contribution in [2.75, 3.05) is 13.1 Å². The highest BCUT2D eigenvalue weighted by Crippen LogP contribution is 1.85. The van der Waals surface area contributed by atoms with Crippen molar-refractivity contribution < 1.29 is 0 Å². The minimum Gasteiger partial charge on any atom is -0.258 e. The van der Waals surface area contributed by atoms with Crippen LogP contribution in [0.5, 0.6) is 0 Å². The molecule has 1 heterocycles. The van der Waals surface area contributed by atoms with E-state index in [1.807, 2.05) is 0 Å². The van der Waals surface area contributed by atoms with Crippen LogP contribution >= 0.6 is 24.0 Å². The van der Waals surface area contributed by atoms with E-state index in [9.17, 15) is 0 Å². The first-order valence-corrected chi connectivity index (χ1v) is 2.46. The molecule has 3 heteroatoms. The van der Waals surface area contributed by atoms with E-state index in [0.717, 1.165) is 13.1 Å². The van der Waals surface area contributed by atoms with E-state index < -0.39 is 0 Å². The van der Waals surface area contributed by atoms with Gasteiger partial charge < -0.3 is 0 Å². The lowest BCUT2D eigenvalue weighted by Gasteiger charge is -2.10. The number of hydrogen-bond acceptors (Lipinski definition) is 2. The summed E-state index contributed by atoms with van der Waals surface area (Å²) in [6.07, 6.45) is 2.65. The Morgan fingerprint density at radius 3 is 1.43 bits per heavy atom. The quantitative estimate of drug-likeness (QED) is 0.573. The van der Waals surface area contributed by atoms with Crippen LogP contribution in [0.15, 0.2) is 0 Å². The Balaban J connectivity index is 0.000000360. The third-order valence-electron chi connectivity index (χ3n) is 0.979. The molecule has 7 heavy (non-hydrogen) atoms. The van der Waals surface area contributed by atoms with Gasteiger partial charge in [0.25, 0.3) is 0 Å². The first kappa shape index (κ1) is 7.65. The first-order chi connectivity index (χ1) is 3.00. The molecule has 0 radical (unpaired) electrons. The molecular formula is C4H11IN2. The van der Waals surface area contributed by atoms with E-state index in [4.69, 9.17) is 0 Å². The van der Waals surface area contributed by atoms with Gasteiger partial charge in [-0.05, 0) is 12.8 Å². The number of rotatable bonds is 0. The van der Waals surface area contributed by atoms with Crippen LogP contribution in [0, 0.1) is 0 Å². The predicted octanol–water partition coefficient (Wildman–Crippen LogP) is 0.492. The largest absolute Gasteiger partial charge is 0.258 e. The fourth-order valence-electron chi connectivity index (χ4n) is 0.604. The second-order valence-corrected chi connectivity index (χ2v) is 1.56. The van der Waals surface area contributed by atoms with Gasteiger partial charge in [-0.25, -0.2) is 0 Å². The van der Waals surface area contributed by atoms with Gasteiger partial charge in [-0.15, -0.1) is 24.0 Å². The van der Waals surface area contributed by atoms with Gasteiger partial charge in [0.05, 0.1) is 0 Å². The third kappa shape index (κ3) is 3.25. The lowest BCUT2D eigenvalue weighted by Crippen LogP contribution is -2.37. The molecule has 0 atom stereocenters. The Morgan fingerprint density at radius 2 is 1.29 bits per heavy atom. The van der Waals surface area contributed by atoms with Crippen molar-refractivity contribution in [2.24, 2.45) is 0 Å². The van der Waals surface area contributed by atoms with E-state index >= 15 is 0 Å². The first-order valence-electron chi connectivity index (χ1n) is 2.46. The molecule has 0 aromatic carbocycles. The van der Waals surface area contributed by atoms with Gasteiger partial charge in [0, 0.05) is 13.1 Å². The number of hydrogen-bond donors (Lipinski definition) is 2. The van der Waals surface area contributed by atoms with Crippen LogP contribution in [0.25, 0.3) is 0 Å². The van der Waals surface area contributed by atoms with Gasteiger partial charge in [-0.1, -0.05) is 0 Å². The molecule has 0 aromatic rings. The molecule has 0 bridgehead atoms. The summed E-state index contributed by atoms with van der Waals surface area (Å²) in [7, 11) is 0. The van der Waals surface area contributed by atoms with Gasteiger partial charge in [-0.3, -0.25) is 10.9 Å². The maximum Gasteiger partial charge on any atom is 0.0100 e. The van der Waals surface area contributed by atoms with Crippen molar-refractivity contribution in [3.05, 3.63) is 0 Å². The highest BCUT2D eigenvalue weighted by Gasteiger charge is 1.92. The normalized spacial score (nSPS) is 20.6. The van der Waals surface area contributed by atoms with Crippen molar-refractivity contribution in [3.63, 3.8) is 0 Å². The number of hydrazine groups is 1. The molecule has 0 amide bonds. The molecule has 2 nitrogen and oxygen atoms in total. The molecule has 0 aromatic heterocycles. The second-order valence-electron chi connectivity index (χ2n) is 1.56. The number of nitrogens with one attached hydrogen (secondary N) is 2. The maximum atomic E-state index is 3.03. The summed E-state index contributed by atoms with van der Waals surface area (Å²) in [5.41, 5.74) is 6.07. The summed E-state index contributed by atoms with van der Waals surface area (Å²) in [4.78, 5) is 0. The SMILES string of the molecule is C1CCNNC1.I. The zero-order chi connectivity index (χ0) is 4.24. The highest BCUT2D eigenvalue weighted by molar-refractivity contribution is 14.0. The van der Waals surface area contributed by atoms with Crippen LogP contribution in [0.3, 0.4) is 0 Å². The van der Waals surface area contributed by atoms with Crippen molar-refractivity contribution in [2.45, 2.75) is 12.8 Å². The summed E-state index contributed by atoms with van der Waals surface area (Å²) in [6, 6.07) is 0. The molecule has 0 unspecified atom stereocenters. The van der Waals surface area contributed by atoms with Crippen LogP contribution in [-0.4, -0.2) is 13.1 Å². The fraction of sp³-hybridized carbons (Fsp3) is 1.00. The topological polar surface area (TPSA) is 24.1 Å². The molecule has 0 saturated carbocycles. The van der Waals surface area contributed by atoms with E-state index in [2.05, 4.69) is 10.9 Å². The monoisotopic (exact) mass is 214 g/mol. The summed E-state index contributed by atoms with van der Waals surface area (Å²) in [5, 5.41) is 0. The molecule has 2 N–H and O–H groups in total. The smallest absolute Gasteiger partial charge is 0.0100 e. The molecule has 1 aliphatic rings. The minimum absolute atomic E-state index is 0. The summed E-state index contributed by atoms with van der Waals surface area (Å²) in [6.45, 7) is 2.28. The van der Waals surface area contributed by atoms with Crippen molar-refractivity contribution in [1.29, 1.82) is 0 Å². The maximum absolute atomic E-state index is 3.03. The van der Waals surface area contributed by atoms with Gasteiger partial charge in [0.15, 0.2) is 0 Å². The van der Waals surface area contributed by atoms with Crippen LogP contribution in [0.1, 0.15) is 12.8 Å². The second kappa shape index (κ2) is 4.80. The van der Waals surface area contributed by atoms with E-state index in [-0.39, 0.29) is 24.0 Å². The third-order valence-corrected chi connectivity index (χ3v) is 0.979. The van der Waals surface area contributed by atoms with Crippen molar-refractivity contribution in [1.82, 2.24) is 10.9 Å². The molecule has 44 valence electrons. The minimum atomic E-state index is 0. The predicted molar refractivity (Wildman–Crippen MR) is 40.7 cm³/mol. The Kier molecular flexibility index (Phi) is 5.25. The zero-order valence-electron chi connectivity index (χ0n) is 4.24. The molecule has 0 spiro atoms. The molecule has 0 aliphatic carbocycles. The van der Waals surface area contributed by atoms with E-state index in [1.54, 1.807) is 0 Å². The lowest BCUT2D eigenvalue weighted by atomic mass is 10.3. The molecule has 1 fully saturated rings. The van der Waals surface area contributed by atoms with E-state index in [1.165, 1.54) is 12.8 Å². The Bertz CT molecular complexity index is 25.2. The lowest BCUT2D eigenvalue weighted by molar-refractivity contribution is 0.443. The summed E-state index contributed by atoms with van der Waals surface area (Å²) < 4.78 is 0. The van der Waals surface area contributed by atoms with Crippen LogP contribution in [0.2, 0.25) is 0 Å². The van der Waals surface area contributed by atoms with Gasteiger partial charge in [-0.2, -0.15) is 0 Å². The number of halogens is 1. The average molecular weight is 214 g/mol. The molecular weight excluding hydrogens is 203 g/mol. The standard InChI is InChI=1S/C4H10N2.HI/c1-2-4-6-5-3-1;/h5-6H,1-4H2;1H. The van der Waals surface area contributed by atoms with E-state index in [0.29, 0.717) is 0 Å². The van der Waals surface area contributed by atoms with Crippen LogP contribution < -0.4 is 10.9 Å². The van der Waals surface area contributed by atoms with Crippen molar-refractivity contribution in [3.8, 4) is 0 Å². The highest BCUT2D eigenvalue weighted by atomic mass is 127. The Morgan fingerprint density at radius 1 is 0.857 bits per heavy atom. The van der Waals surface area contributed by atoms with Gasteiger partial charge >= 0.3 is 0 Å². The molecule has 1 aliphatic heterocycles. The molecule has 1 saturated heterocycles. The van der Waals surface area contributed by atoms with Gasteiger partial charge in [0.1, 0.15) is 0 Å². The summed E-state index contributed by atoms with van der Waals surface area (Å²) >= 11 is 0. The fourth-order valence-corrected chi connectivity index (χ4v) is 0.604. The summed E-state index contributed by atoms with van der Waals surface area (Å²) in [5.74, 6) is 0. The molecule has 1 rings (SSSR count). The Labute approximate surface area is 61.0 Å².